The first kappa shape index (κ1) is 21.1. The van der Waals surface area contributed by atoms with Crippen molar-refractivity contribution >= 4 is 66.8 Å². The van der Waals surface area contributed by atoms with Crippen molar-refractivity contribution in [2.45, 2.75) is 13.8 Å². The molecule has 6 N–H and O–H groups in total. The second-order valence-corrected chi connectivity index (χ2v) is 8.32. The van der Waals surface area contributed by atoms with Gasteiger partial charge < -0.3 is 21.7 Å². The molecule has 0 aliphatic rings. The molecule has 34 heavy (non-hydrogen) atoms. The van der Waals surface area contributed by atoms with E-state index in [-0.39, 0.29) is 27.6 Å². The van der Waals surface area contributed by atoms with Crippen LogP contribution in [-0.2, 0) is 0 Å². The molecule has 5 rings (SSSR count). The highest BCUT2D eigenvalue weighted by Crippen LogP contribution is 2.46. The number of hydrogen-bond donors (Lipinski definition) is 4. The number of carbonyl (C=O) groups excluding carboxylic acids is 2. The van der Waals surface area contributed by atoms with Gasteiger partial charge in [0, 0.05) is 16.3 Å². The number of amides is 2. The van der Waals surface area contributed by atoms with Crippen LogP contribution in [0, 0.1) is 13.8 Å². The number of carbonyl (C=O) groups is 4. The number of carboxylic acid groups (broad SMARTS) is 2. The lowest BCUT2D eigenvalue weighted by atomic mass is 9.81. The molecule has 0 fully saturated rings. The number of primary amides is 2. The highest BCUT2D eigenvalue weighted by molar-refractivity contribution is 6.39. The number of nitrogens with two attached hydrogens (primary N) is 2. The first-order valence-corrected chi connectivity index (χ1v) is 10.3. The molecule has 0 saturated carbocycles. The maximum Gasteiger partial charge on any atom is 0.336 e. The molecule has 8 heteroatoms. The van der Waals surface area contributed by atoms with E-state index in [2.05, 4.69) is 0 Å². The molecule has 168 valence electrons. The minimum absolute atomic E-state index is 0.115. The van der Waals surface area contributed by atoms with E-state index in [1.54, 1.807) is 32.0 Å². The quantitative estimate of drug-likeness (QED) is 0.237. The second kappa shape index (κ2) is 6.89. The molecular weight excluding hydrogens is 436 g/mol. The Kier molecular flexibility index (Phi) is 4.28. The molecule has 5 aromatic rings. The molecule has 0 spiro atoms. The van der Waals surface area contributed by atoms with Crippen LogP contribution in [0.1, 0.15) is 52.6 Å². The molecule has 8 nitrogen and oxygen atoms in total. The number of aromatic carboxylic acids is 2. The zero-order valence-corrected chi connectivity index (χ0v) is 18.1. The van der Waals surface area contributed by atoms with Crippen LogP contribution in [0.2, 0.25) is 0 Å². The molecule has 5 aromatic carbocycles. The van der Waals surface area contributed by atoms with Crippen molar-refractivity contribution in [2.75, 3.05) is 0 Å². The Morgan fingerprint density at radius 3 is 1.56 bits per heavy atom. The van der Waals surface area contributed by atoms with Crippen molar-refractivity contribution in [3.05, 3.63) is 69.8 Å². The summed E-state index contributed by atoms with van der Waals surface area (Å²) in [6.45, 7) is 3.52. The van der Waals surface area contributed by atoms with Gasteiger partial charge in [0.25, 0.3) is 0 Å². The summed E-state index contributed by atoms with van der Waals surface area (Å²) in [6, 6.07) is 9.17. The first-order chi connectivity index (χ1) is 16.1. The Morgan fingerprint density at radius 1 is 0.559 bits per heavy atom. The fraction of sp³-hybridized carbons (Fsp3) is 0.0769. The largest absolute Gasteiger partial charge is 0.478 e. The second-order valence-electron chi connectivity index (χ2n) is 8.32. The zero-order chi connectivity index (χ0) is 24.6. The summed E-state index contributed by atoms with van der Waals surface area (Å²) in [6.07, 6.45) is 0. The smallest absolute Gasteiger partial charge is 0.336 e. The van der Waals surface area contributed by atoms with E-state index in [0.29, 0.717) is 48.8 Å². The van der Waals surface area contributed by atoms with Crippen molar-refractivity contribution in [1.29, 1.82) is 0 Å². The van der Waals surface area contributed by atoms with E-state index in [0.717, 1.165) is 0 Å². The normalized spacial score (nSPS) is 11.6. The Labute approximate surface area is 191 Å². The van der Waals surface area contributed by atoms with Crippen LogP contribution in [0.5, 0.6) is 0 Å². The summed E-state index contributed by atoms with van der Waals surface area (Å²) >= 11 is 0. The Morgan fingerprint density at radius 2 is 1.06 bits per heavy atom. The summed E-state index contributed by atoms with van der Waals surface area (Å²) in [5, 5.41) is 23.6. The van der Waals surface area contributed by atoms with E-state index >= 15 is 0 Å². The summed E-state index contributed by atoms with van der Waals surface area (Å²) in [4.78, 5) is 48.9. The molecule has 2 amide bonds. The minimum atomic E-state index is -1.25. The van der Waals surface area contributed by atoms with Gasteiger partial charge in [0.05, 0.1) is 16.7 Å². The van der Waals surface area contributed by atoms with Gasteiger partial charge in [-0.2, -0.15) is 0 Å². The maximum atomic E-state index is 12.5. The predicted octanol–water partition coefficient (Wildman–Crippen LogP) is 3.95. The molecule has 0 saturated heterocycles. The van der Waals surface area contributed by atoms with Crippen molar-refractivity contribution in [3.63, 3.8) is 0 Å². The van der Waals surface area contributed by atoms with Crippen LogP contribution in [0.25, 0.3) is 43.1 Å². The third-order valence-electron chi connectivity index (χ3n) is 6.71. The Bertz CT molecular complexity index is 1760. The van der Waals surface area contributed by atoms with Gasteiger partial charge in [0.15, 0.2) is 0 Å². The highest BCUT2D eigenvalue weighted by atomic mass is 16.4. The molecule has 0 aliphatic carbocycles. The topological polar surface area (TPSA) is 161 Å². The average Bonchev–Trinajstić information content (AvgIpc) is 2.77. The lowest BCUT2D eigenvalue weighted by Crippen LogP contribution is -2.18. The van der Waals surface area contributed by atoms with Crippen LogP contribution in [0.4, 0.5) is 0 Å². The summed E-state index contributed by atoms with van der Waals surface area (Å²) in [5.74, 6) is -3.92. The zero-order valence-electron chi connectivity index (χ0n) is 18.1. The van der Waals surface area contributed by atoms with Crippen LogP contribution >= 0.6 is 0 Å². The summed E-state index contributed by atoms with van der Waals surface area (Å²) in [5.41, 5.74) is 12.7. The van der Waals surface area contributed by atoms with Crippen LogP contribution in [-0.4, -0.2) is 34.0 Å². The minimum Gasteiger partial charge on any atom is -0.478 e. The number of carboxylic acids is 2. The van der Waals surface area contributed by atoms with Gasteiger partial charge in [-0.15, -0.1) is 0 Å². The van der Waals surface area contributed by atoms with Crippen LogP contribution < -0.4 is 11.5 Å². The van der Waals surface area contributed by atoms with Crippen molar-refractivity contribution < 1.29 is 29.4 Å². The van der Waals surface area contributed by atoms with Gasteiger partial charge in [-0.3, -0.25) is 9.59 Å². The van der Waals surface area contributed by atoms with E-state index in [1.165, 1.54) is 18.2 Å². The lowest BCUT2D eigenvalue weighted by Gasteiger charge is -2.22. The van der Waals surface area contributed by atoms with E-state index in [4.69, 9.17) is 11.5 Å². The highest BCUT2D eigenvalue weighted by Gasteiger charge is 2.27. The molecule has 0 bridgehead atoms. The molecule has 0 heterocycles. The van der Waals surface area contributed by atoms with E-state index in [9.17, 15) is 29.4 Å². The molecular formula is C26H18N2O6. The molecule has 0 atom stereocenters. The van der Waals surface area contributed by atoms with Gasteiger partial charge in [-0.25, -0.2) is 9.59 Å². The first-order valence-electron chi connectivity index (χ1n) is 10.3. The fourth-order valence-electron chi connectivity index (χ4n) is 5.23. The lowest BCUT2D eigenvalue weighted by molar-refractivity contribution is 0.0695. The molecule has 0 aromatic heterocycles. The van der Waals surface area contributed by atoms with Gasteiger partial charge in [0.2, 0.25) is 11.8 Å². The third-order valence-corrected chi connectivity index (χ3v) is 6.71. The van der Waals surface area contributed by atoms with Gasteiger partial charge in [-0.1, -0.05) is 18.2 Å². The number of fused-ring (bicyclic) bond motifs is 2. The SMILES string of the molecule is Cc1c(C(N)=O)c2c(C(N)=O)ccc3c4ccc(C(=O)O)c5c(C(=O)O)ccc(c(c1C)c23)c54. The van der Waals surface area contributed by atoms with E-state index < -0.39 is 23.8 Å². The van der Waals surface area contributed by atoms with Crippen LogP contribution in [0.15, 0.2) is 36.4 Å². The standard InChI is InChI=1S/C26H18N2O6/c1-9-10(2)18(24(28)30)22-14(23(27)29)6-3-12-11-4-7-15(25(31)32)20-16(26(33)34)8-5-13(19(11)20)17(9)21(12)22/h3-8H,1-2H3,(H2,27,29)(H2,28,30)(H,31,32)(H,33,34). The Balaban J connectivity index is 2.24. The number of hydrogen-bond acceptors (Lipinski definition) is 4. The molecule has 0 aliphatic heterocycles. The molecule has 0 unspecified atom stereocenters. The number of rotatable bonds is 4. The van der Waals surface area contributed by atoms with Gasteiger partial charge in [0.1, 0.15) is 0 Å². The Hall–Kier alpha value is -4.72. The monoisotopic (exact) mass is 454 g/mol. The van der Waals surface area contributed by atoms with Gasteiger partial charge in [-0.05, 0) is 75.5 Å². The fourth-order valence-corrected chi connectivity index (χ4v) is 5.23. The van der Waals surface area contributed by atoms with Crippen LogP contribution in [0.3, 0.4) is 0 Å². The van der Waals surface area contributed by atoms with Crippen molar-refractivity contribution in [1.82, 2.24) is 0 Å². The van der Waals surface area contributed by atoms with Crippen molar-refractivity contribution in [3.8, 4) is 0 Å². The molecule has 0 radical (unpaired) electrons. The third kappa shape index (κ3) is 2.53. The predicted molar refractivity (Wildman–Crippen MR) is 128 cm³/mol. The number of aryl methyl sites for hydroxylation is 1. The summed E-state index contributed by atoms with van der Waals surface area (Å²) < 4.78 is 0. The van der Waals surface area contributed by atoms with Gasteiger partial charge >= 0.3 is 11.9 Å². The number of benzene rings is 5. The maximum absolute atomic E-state index is 12.5. The average molecular weight is 454 g/mol. The summed E-state index contributed by atoms with van der Waals surface area (Å²) in [7, 11) is 0. The van der Waals surface area contributed by atoms with Crippen molar-refractivity contribution in [2.24, 2.45) is 11.5 Å². The van der Waals surface area contributed by atoms with E-state index in [1.807, 2.05) is 0 Å².